The van der Waals surface area contributed by atoms with Gasteiger partial charge in [-0.25, -0.2) is 8.78 Å². The lowest BCUT2D eigenvalue weighted by Crippen LogP contribution is -2.32. The van der Waals surface area contributed by atoms with E-state index in [0.29, 0.717) is 0 Å². The van der Waals surface area contributed by atoms with E-state index >= 15 is 0 Å². The minimum atomic E-state index is -1.08. The van der Waals surface area contributed by atoms with Crippen LogP contribution in [-0.4, -0.2) is 23.5 Å². The summed E-state index contributed by atoms with van der Waals surface area (Å²) in [5.74, 6) is -4.30. The zero-order valence-electron chi connectivity index (χ0n) is 9.04. The van der Waals surface area contributed by atoms with E-state index in [1.165, 1.54) is 6.92 Å². The molecule has 0 aliphatic rings. The number of amides is 1. The average molecular weight is 243 g/mol. The molecule has 0 saturated heterocycles. The maximum atomic E-state index is 13.2. The van der Waals surface area contributed by atoms with Crippen LogP contribution in [0.25, 0.3) is 0 Å². The third-order valence-corrected chi connectivity index (χ3v) is 2.16. The van der Waals surface area contributed by atoms with Gasteiger partial charge < -0.3 is 10.4 Å². The largest absolute Gasteiger partial charge is 0.481 e. The molecule has 6 heteroatoms. The zero-order chi connectivity index (χ0) is 13.0. The SMILES string of the molecule is CC(CNC(=O)c1cc(F)ccc1F)C(=O)O. The molecule has 4 nitrogen and oxygen atoms in total. The highest BCUT2D eigenvalue weighted by Crippen LogP contribution is 2.09. The maximum Gasteiger partial charge on any atom is 0.308 e. The van der Waals surface area contributed by atoms with Crippen molar-refractivity contribution < 1.29 is 23.5 Å². The summed E-state index contributed by atoms with van der Waals surface area (Å²) < 4.78 is 26.0. The highest BCUT2D eigenvalue weighted by atomic mass is 19.1. The predicted octanol–water partition coefficient (Wildman–Crippen LogP) is 1.42. The number of hydrogen-bond acceptors (Lipinski definition) is 2. The third-order valence-electron chi connectivity index (χ3n) is 2.16. The molecule has 1 amide bonds. The van der Waals surface area contributed by atoms with Crippen LogP contribution in [0.3, 0.4) is 0 Å². The van der Waals surface area contributed by atoms with Crippen molar-refractivity contribution in [3.05, 3.63) is 35.4 Å². The second-order valence-corrected chi connectivity index (χ2v) is 3.57. The normalized spacial score (nSPS) is 11.9. The average Bonchev–Trinajstić information content (AvgIpc) is 2.28. The minimum absolute atomic E-state index is 0.149. The molecule has 0 aliphatic carbocycles. The molecule has 0 bridgehead atoms. The Labute approximate surface area is 96.3 Å². The van der Waals surface area contributed by atoms with Gasteiger partial charge in [-0.1, -0.05) is 6.92 Å². The molecule has 1 aromatic carbocycles. The Morgan fingerprint density at radius 3 is 2.65 bits per heavy atom. The van der Waals surface area contributed by atoms with Crippen molar-refractivity contribution in [2.45, 2.75) is 6.92 Å². The van der Waals surface area contributed by atoms with Gasteiger partial charge in [-0.05, 0) is 18.2 Å². The van der Waals surface area contributed by atoms with Crippen molar-refractivity contribution in [2.24, 2.45) is 5.92 Å². The summed E-state index contributed by atoms with van der Waals surface area (Å²) in [6, 6.07) is 2.49. The quantitative estimate of drug-likeness (QED) is 0.840. The van der Waals surface area contributed by atoms with Gasteiger partial charge in [-0.15, -0.1) is 0 Å². The Hall–Kier alpha value is -1.98. The van der Waals surface area contributed by atoms with Crippen LogP contribution < -0.4 is 5.32 Å². The van der Waals surface area contributed by atoms with E-state index in [2.05, 4.69) is 5.32 Å². The number of carboxylic acids is 1. The molecule has 0 fully saturated rings. The zero-order valence-corrected chi connectivity index (χ0v) is 9.04. The van der Waals surface area contributed by atoms with Gasteiger partial charge in [0.05, 0.1) is 11.5 Å². The Morgan fingerprint density at radius 1 is 1.41 bits per heavy atom. The van der Waals surface area contributed by atoms with Crippen LogP contribution in [-0.2, 0) is 4.79 Å². The Kier molecular flexibility index (Phi) is 4.14. The number of halogens is 2. The number of hydrogen-bond donors (Lipinski definition) is 2. The number of carboxylic acid groups (broad SMARTS) is 1. The van der Waals surface area contributed by atoms with Crippen molar-refractivity contribution in [3.63, 3.8) is 0 Å². The highest BCUT2D eigenvalue weighted by molar-refractivity contribution is 5.94. The molecular weight excluding hydrogens is 232 g/mol. The summed E-state index contributed by atoms with van der Waals surface area (Å²) >= 11 is 0. The van der Waals surface area contributed by atoms with Crippen molar-refractivity contribution in [3.8, 4) is 0 Å². The molecule has 0 radical (unpaired) electrons. The van der Waals surface area contributed by atoms with Gasteiger partial charge in [0.1, 0.15) is 11.6 Å². The highest BCUT2D eigenvalue weighted by Gasteiger charge is 2.16. The lowest BCUT2D eigenvalue weighted by atomic mass is 10.1. The first kappa shape index (κ1) is 13.1. The van der Waals surface area contributed by atoms with Crippen LogP contribution in [0.15, 0.2) is 18.2 Å². The van der Waals surface area contributed by atoms with E-state index in [4.69, 9.17) is 5.11 Å². The number of aliphatic carboxylic acids is 1. The van der Waals surface area contributed by atoms with Crippen LogP contribution in [0, 0.1) is 17.6 Å². The summed E-state index contributed by atoms with van der Waals surface area (Å²) in [5, 5.41) is 10.8. The van der Waals surface area contributed by atoms with Crippen molar-refractivity contribution in [1.82, 2.24) is 5.32 Å². The van der Waals surface area contributed by atoms with Gasteiger partial charge >= 0.3 is 5.97 Å². The summed E-state index contributed by atoms with van der Waals surface area (Å²) in [5.41, 5.74) is -0.442. The van der Waals surface area contributed by atoms with E-state index in [-0.39, 0.29) is 6.54 Å². The molecule has 0 aromatic heterocycles. The minimum Gasteiger partial charge on any atom is -0.481 e. The summed E-state index contributed by atoms with van der Waals surface area (Å²) in [4.78, 5) is 21.9. The molecule has 92 valence electrons. The van der Waals surface area contributed by atoms with Gasteiger partial charge in [-0.3, -0.25) is 9.59 Å². The first-order chi connectivity index (χ1) is 7.91. The second-order valence-electron chi connectivity index (χ2n) is 3.57. The molecule has 0 saturated carbocycles. The number of carbonyl (C=O) groups excluding carboxylic acids is 1. The molecular formula is C11H11F2NO3. The van der Waals surface area contributed by atoms with Crippen molar-refractivity contribution in [1.29, 1.82) is 0 Å². The van der Waals surface area contributed by atoms with E-state index < -0.39 is 35.0 Å². The third kappa shape index (κ3) is 3.51. The van der Waals surface area contributed by atoms with Crippen LogP contribution in [0.4, 0.5) is 8.78 Å². The van der Waals surface area contributed by atoms with E-state index in [9.17, 15) is 18.4 Å². The predicted molar refractivity (Wildman–Crippen MR) is 55.5 cm³/mol. The molecule has 2 N–H and O–H groups in total. The molecule has 0 spiro atoms. The fourth-order valence-electron chi connectivity index (χ4n) is 1.10. The monoisotopic (exact) mass is 243 g/mol. The fourth-order valence-corrected chi connectivity index (χ4v) is 1.10. The molecule has 1 rings (SSSR count). The van der Waals surface area contributed by atoms with Gasteiger partial charge in [0.25, 0.3) is 5.91 Å². The number of rotatable bonds is 4. The summed E-state index contributed by atoms with van der Waals surface area (Å²) in [6.07, 6.45) is 0. The Morgan fingerprint density at radius 2 is 2.06 bits per heavy atom. The van der Waals surface area contributed by atoms with Crippen LogP contribution >= 0.6 is 0 Å². The molecule has 1 unspecified atom stereocenters. The standard InChI is InChI=1S/C11H11F2NO3/c1-6(11(16)17)5-14-10(15)8-4-7(12)2-3-9(8)13/h2-4,6H,5H2,1H3,(H,14,15)(H,16,17). The van der Waals surface area contributed by atoms with Gasteiger partial charge in [-0.2, -0.15) is 0 Å². The van der Waals surface area contributed by atoms with Crippen molar-refractivity contribution in [2.75, 3.05) is 6.54 Å². The van der Waals surface area contributed by atoms with Gasteiger partial charge in [0.2, 0.25) is 0 Å². The number of benzene rings is 1. The molecule has 17 heavy (non-hydrogen) atoms. The maximum absolute atomic E-state index is 13.2. The van der Waals surface area contributed by atoms with E-state index in [0.717, 1.165) is 18.2 Å². The van der Waals surface area contributed by atoms with Gasteiger partial charge in [0, 0.05) is 6.54 Å². The molecule has 0 heterocycles. The molecule has 1 aromatic rings. The lowest BCUT2D eigenvalue weighted by molar-refractivity contribution is -0.140. The molecule has 1 atom stereocenters. The van der Waals surface area contributed by atoms with E-state index in [1.54, 1.807) is 0 Å². The van der Waals surface area contributed by atoms with Crippen molar-refractivity contribution >= 4 is 11.9 Å². The van der Waals surface area contributed by atoms with Crippen LogP contribution in [0.2, 0.25) is 0 Å². The Bertz CT molecular complexity index is 448. The number of nitrogens with one attached hydrogen (secondary N) is 1. The number of carbonyl (C=O) groups is 2. The first-order valence-corrected chi connectivity index (χ1v) is 4.88. The first-order valence-electron chi connectivity index (χ1n) is 4.88. The van der Waals surface area contributed by atoms with Crippen LogP contribution in [0.1, 0.15) is 17.3 Å². The second kappa shape index (κ2) is 5.38. The lowest BCUT2D eigenvalue weighted by Gasteiger charge is -2.08. The summed E-state index contributed by atoms with van der Waals surface area (Å²) in [7, 11) is 0. The van der Waals surface area contributed by atoms with Crippen LogP contribution in [0.5, 0.6) is 0 Å². The topological polar surface area (TPSA) is 66.4 Å². The van der Waals surface area contributed by atoms with Gasteiger partial charge in [0.15, 0.2) is 0 Å². The Balaban J connectivity index is 2.70. The smallest absolute Gasteiger partial charge is 0.308 e. The summed E-state index contributed by atoms with van der Waals surface area (Å²) in [6.45, 7) is 1.24. The fraction of sp³-hybridized carbons (Fsp3) is 0.273. The molecule has 0 aliphatic heterocycles. The van der Waals surface area contributed by atoms with E-state index in [1.807, 2.05) is 0 Å².